The first kappa shape index (κ1) is 12.9. The van der Waals surface area contributed by atoms with Gasteiger partial charge in [0.2, 0.25) is 5.91 Å². The highest BCUT2D eigenvalue weighted by Crippen LogP contribution is 2.10. The van der Waals surface area contributed by atoms with Crippen molar-refractivity contribution in [1.82, 2.24) is 15.1 Å². The summed E-state index contributed by atoms with van der Waals surface area (Å²) in [6.45, 7) is 1.83. The minimum atomic E-state index is -1.12. The third kappa shape index (κ3) is 2.82. The Hall–Kier alpha value is -2.57. The number of carbonyl (C=O) groups is 2. The van der Waals surface area contributed by atoms with Gasteiger partial charge in [-0.25, -0.2) is 9.48 Å². The molecule has 0 aromatic carbocycles. The van der Waals surface area contributed by atoms with E-state index in [1.807, 2.05) is 0 Å². The lowest BCUT2D eigenvalue weighted by Crippen LogP contribution is -2.32. The Balaban J connectivity index is 2.02. The molecule has 0 radical (unpaired) electrons. The topological polar surface area (TPSA) is 97.4 Å². The number of rotatable bonds is 5. The van der Waals surface area contributed by atoms with E-state index in [9.17, 15) is 9.59 Å². The lowest BCUT2D eigenvalue weighted by molar-refractivity contribution is -0.124. The SMILES string of the molecule is CC(C(=O)NCc1ccco1)n1nccc1C(=O)O. The summed E-state index contributed by atoms with van der Waals surface area (Å²) in [6, 6.07) is 4.09. The van der Waals surface area contributed by atoms with E-state index in [4.69, 9.17) is 9.52 Å². The fourth-order valence-corrected chi connectivity index (χ4v) is 1.64. The first-order chi connectivity index (χ1) is 9.09. The first-order valence-corrected chi connectivity index (χ1v) is 5.66. The van der Waals surface area contributed by atoms with E-state index < -0.39 is 12.0 Å². The van der Waals surface area contributed by atoms with Gasteiger partial charge >= 0.3 is 5.97 Å². The molecule has 0 aliphatic rings. The second kappa shape index (κ2) is 5.38. The average molecular weight is 263 g/mol. The Kier molecular flexibility index (Phi) is 3.65. The molecule has 0 aliphatic carbocycles. The van der Waals surface area contributed by atoms with Crippen LogP contribution in [-0.4, -0.2) is 26.8 Å². The third-order valence-corrected chi connectivity index (χ3v) is 2.65. The summed E-state index contributed by atoms with van der Waals surface area (Å²) >= 11 is 0. The van der Waals surface area contributed by atoms with Crippen LogP contribution in [0, 0.1) is 0 Å². The fraction of sp³-hybridized carbons (Fsp3) is 0.250. The molecular weight excluding hydrogens is 250 g/mol. The van der Waals surface area contributed by atoms with E-state index in [2.05, 4.69) is 10.4 Å². The zero-order valence-electron chi connectivity index (χ0n) is 10.2. The highest BCUT2D eigenvalue weighted by molar-refractivity contribution is 5.87. The van der Waals surface area contributed by atoms with Crippen LogP contribution in [0.2, 0.25) is 0 Å². The fourth-order valence-electron chi connectivity index (χ4n) is 1.64. The highest BCUT2D eigenvalue weighted by atomic mass is 16.4. The molecule has 7 heteroatoms. The number of nitrogens with one attached hydrogen (secondary N) is 1. The predicted octanol–water partition coefficient (Wildman–Crippen LogP) is 1.05. The van der Waals surface area contributed by atoms with Crippen LogP contribution in [-0.2, 0) is 11.3 Å². The molecule has 2 N–H and O–H groups in total. The maximum atomic E-state index is 11.9. The maximum absolute atomic E-state index is 11.9. The summed E-state index contributed by atoms with van der Waals surface area (Å²) < 4.78 is 6.25. The molecule has 2 heterocycles. The molecule has 7 nitrogen and oxygen atoms in total. The van der Waals surface area contributed by atoms with E-state index in [-0.39, 0.29) is 18.1 Å². The van der Waals surface area contributed by atoms with Gasteiger partial charge in [-0.15, -0.1) is 0 Å². The normalized spacial score (nSPS) is 12.1. The molecule has 19 heavy (non-hydrogen) atoms. The van der Waals surface area contributed by atoms with Gasteiger partial charge in [-0.05, 0) is 25.1 Å². The standard InChI is InChI=1S/C12H13N3O4/c1-8(15-10(12(17)18)4-5-14-15)11(16)13-7-9-3-2-6-19-9/h2-6,8H,7H2,1H3,(H,13,16)(H,17,18). The van der Waals surface area contributed by atoms with E-state index in [1.165, 1.54) is 23.2 Å². The summed E-state index contributed by atoms with van der Waals surface area (Å²) in [5, 5.41) is 15.5. The molecule has 1 unspecified atom stereocenters. The molecule has 1 amide bonds. The average Bonchev–Trinajstić information content (AvgIpc) is 3.05. The second-order valence-electron chi connectivity index (χ2n) is 3.94. The highest BCUT2D eigenvalue weighted by Gasteiger charge is 2.21. The van der Waals surface area contributed by atoms with Gasteiger partial charge in [-0.3, -0.25) is 4.79 Å². The number of carboxylic acid groups (broad SMARTS) is 1. The summed E-state index contributed by atoms with van der Waals surface area (Å²) in [7, 11) is 0. The molecule has 2 aromatic rings. The molecule has 0 saturated carbocycles. The van der Waals surface area contributed by atoms with Crippen LogP contribution in [0.4, 0.5) is 0 Å². The number of aromatic nitrogens is 2. The molecule has 2 aromatic heterocycles. The first-order valence-electron chi connectivity index (χ1n) is 5.66. The largest absolute Gasteiger partial charge is 0.477 e. The quantitative estimate of drug-likeness (QED) is 0.840. The number of carbonyl (C=O) groups excluding carboxylic acids is 1. The van der Waals surface area contributed by atoms with Gasteiger partial charge in [0.15, 0.2) is 0 Å². The number of carboxylic acids is 1. The number of hydrogen-bond donors (Lipinski definition) is 2. The summed E-state index contributed by atoms with van der Waals surface area (Å²) in [5.74, 6) is -0.828. The Morgan fingerprint density at radius 3 is 2.95 bits per heavy atom. The van der Waals surface area contributed by atoms with Gasteiger partial charge < -0.3 is 14.8 Å². The minimum absolute atomic E-state index is 0.0272. The summed E-state index contributed by atoms with van der Waals surface area (Å²) in [6.07, 6.45) is 2.86. The van der Waals surface area contributed by atoms with Crippen molar-refractivity contribution in [3.05, 3.63) is 42.1 Å². The van der Waals surface area contributed by atoms with Crippen LogP contribution in [0.15, 0.2) is 35.1 Å². The molecule has 0 saturated heterocycles. The monoisotopic (exact) mass is 263 g/mol. The number of furan rings is 1. The molecule has 0 aliphatic heterocycles. The predicted molar refractivity (Wildman–Crippen MR) is 64.5 cm³/mol. The molecule has 0 spiro atoms. The van der Waals surface area contributed by atoms with Crippen LogP contribution in [0.5, 0.6) is 0 Å². The molecular formula is C12H13N3O4. The molecule has 1 atom stereocenters. The van der Waals surface area contributed by atoms with Crippen molar-refractivity contribution in [1.29, 1.82) is 0 Å². The summed E-state index contributed by atoms with van der Waals surface area (Å²) in [5.41, 5.74) is -0.0272. The van der Waals surface area contributed by atoms with E-state index in [0.717, 1.165) is 0 Å². The molecule has 0 bridgehead atoms. The number of aromatic carboxylic acids is 1. The lowest BCUT2D eigenvalue weighted by atomic mass is 10.3. The minimum Gasteiger partial charge on any atom is -0.477 e. The van der Waals surface area contributed by atoms with Gasteiger partial charge in [0.05, 0.1) is 12.8 Å². The molecule has 2 rings (SSSR count). The third-order valence-electron chi connectivity index (χ3n) is 2.65. The maximum Gasteiger partial charge on any atom is 0.354 e. The number of nitrogens with zero attached hydrogens (tertiary/aromatic N) is 2. The van der Waals surface area contributed by atoms with Crippen LogP contribution >= 0.6 is 0 Å². The smallest absolute Gasteiger partial charge is 0.354 e. The van der Waals surface area contributed by atoms with E-state index in [1.54, 1.807) is 19.1 Å². The van der Waals surface area contributed by atoms with Crippen molar-refractivity contribution in [3.63, 3.8) is 0 Å². The van der Waals surface area contributed by atoms with Crippen molar-refractivity contribution < 1.29 is 19.1 Å². The van der Waals surface area contributed by atoms with Gasteiger partial charge in [0.1, 0.15) is 17.5 Å². The molecule has 100 valence electrons. The van der Waals surface area contributed by atoms with Crippen LogP contribution in [0.1, 0.15) is 29.2 Å². The van der Waals surface area contributed by atoms with Crippen molar-refractivity contribution >= 4 is 11.9 Å². The van der Waals surface area contributed by atoms with Crippen molar-refractivity contribution in [2.45, 2.75) is 19.5 Å². The van der Waals surface area contributed by atoms with Crippen LogP contribution < -0.4 is 5.32 Å². The van der Waals surface area contributed by atoms with Gasteiger partial charge in [0.25, 0.3) is 0 Å². The Morgan fingerprint density at radius 2 is 2.32 bits per heavy atom. The Bertz CT molecular complexity index is 574. The number of amides is 1. The van der Waals surface area contributed by atoms with E-state index in [0.29, 0.717) is 5.76 Å². The van der Waals surface area contributed by atoms with Crippen molar-refractivity contribution in [3.8, 4) is 0 Å². The summed E-state index contributed by atoms with van der Waals surface area (Å²) in [4.78, 5) is 22.9. The van der Waals surface area contributed by atoms with Gasteiger partial charge in [-0.1, -0.05) is 0 Å². The Labute approximate surface area is 108 Å². The van der Waals surface area contributed by atoms with Crippen molar-refractivity contribution in [2.75, 3.05) is 0 Å². The second-order valence-corrected chi connectivity index (χ2v) is 3.94. The molecule has 0 fully saturated rings. The van der Waals surface area contributed by atoms with E-state index >= 15 is 0 Å². The van der Waals surface area contributed by atoms with Gasteiger partial charge in [0, 0.05) is 6.20 Å². The lowest BCUT2D eigenvalue weighted by Gasteiger charge is -2.13. The van der Waals surface area contributed by atoms with Crippen LogP contribution in [0.3, 0.4) is 0 Å². The van der Waals surface area contributed by atoms with Gasteiger partial charge in [-0.2, -0.15) is 5.10 Å². The van der Waals surface area contributed by atoms with Crippen LogP contribution in [0.25, 0.3) is 0 Å². The zero-order valence-corrected chi connectivity index (χ0v) is 10.2. The zero-order chi connectivity index (χ0) is 13.8. The van der Waals surface area contributed by atoms with Crippen molar-refractivity contribution in [2.24, 2.45) is 0 Å². The number of hydrogen-bond acceptors (Lipinski definition) is 4. The Morgan fingerprint density at radius 1 is 1.53 bits per heavy atom.